The summed E-state index contributed by atoms with van der Waals surface area (Å²) in [7, 11) is 0. The van der Waals surface area contributed by atoms with Crippen LogP contribution in [0.1, 0.15) is 6.92 Å². The summed E-state index contributed by atoms with van der Waals surface area (Å²) < 4.78 is 0. The van der Waals surface area contributed by atoms with E-state index in [-0.39, 0.29) is 19.5 Å². The van der Waals surface area contributed by atoms with Crippen molar-refractivity contribution in [2.45, 2.75) is 6.92 Å². The minimum absolute atomic E-state index is 0. The van der Waals surface area contributed by atoms with Crippen molar-refractivity contribution < 1.29 is 47.4 Å². The third-order valence-corrected chi connectivity index (χ3v) is 0. The minimum atomic E-state index is 0. The van der Waals surface area contributed by atoms with Gasteiger partial charge in [-0.25, -0.2) is 0 Å². The van der Waals surface area contributed by atoms with Crippen molar-refractivity contribution in [1.29, 1.82) is 0 Å². The number of rotatable bonds is 0. The Labute approximate surface area is 65.5 Å². The normalized spacial score (nSPS) is 3.86. The fourth-order valence-electron chi connectivity index (χ4n) is 0. The van der Waals surface area contributed by atoms with Gasteiger partial charge in [-0.05, 0) is 0 Å². The monoisotopic (exact) mass is 278 g/mol. The second kappa shape index (κ2) is 30.7. The summed E-state index contributed by atoms with van der Waals surface area (Å²) in [6.45, 7) is 1.32. The maximum atomic E-state index is 8.76. The molecule has 0 heterocycles. The van der Waals surface area contributed by atoms with Gasteiger partial charge in [-0.1, -0.05) is 0 Å². The molecule has 0 aromatic rings. The van der Waals surface area contributed by atoms with Gasteiger partial charge in [-0.3, -0.25) is 4.79 Å². The van der Waals surface area contributed by atoms with Crippen LogP contribution in [0.15, 0.2) is 0 Å². The van der Waals surface area contributed by atoms with Crippen LogP contribution in [0.5, 0.6) is 0 Å². The fourth-order valence-corrected chi connectivity index (χ4v) is 0. The first-order chi connectivity index (χ1) is 2.83. The van der Waals surface area contributed by atoms with E-state index < -0.39 is 0 Å². The van der Waals surface area contributed by atoms with Crippen molar-refractivity contribution in [3.63, 3.8) is 0 Å². The Morgan fingerprint density at radius 2 is 1.71 bits per heavy atom. The maximum absolute atomic E-state index is 8.76. The zero-order valence-corrected chi connectivity index (χ0v) is 6.84. The first-order valence-corrected chi connectivity index (χ1v) is 2.08. The molecule has 0 aliphatic rings. The number of hydrogen-bond acceptors (Lipinski definition) is 2. The molecule has 46 valence electrons. The molecule has 0 aliphatic heterocycles. The fraction of sp³-hybridized carbons (Fsp3) is 0.333. The average Bonchev–Trinajstić information content (AvgIpc) is 1.39. The summed E-state index contributed by atoms with van der Waals surface area (Å²) in [5.74, 6) is 0. The number of hydrogen-bond donors (Lipinski definition) is 0. The van der Waals surface area contributed by atoms with Gasteiger partial charge in [0.2, 0.25) is 0 Å². The topological polar surface area (TPSA) is 34.1 Å². The van der Waals surface area contributed by atoms with Crippen LogP contribution >= 0.6 is 0 Å². The van der Waals surface area contributed by atoms with Crippen molar-refractivity contribution in [2.75, 3.05) is 0 Å². The van der Waals surface area contributed by atoms with Crippen LogP contribution in [-0.4, -0.2) is 11.2 Å². The first kappa shape index (κ1) is 15.6. The number of carbonyl (C=O) groups is 1. The van der Waals surface area contributed by atoms with Crippen molar-refractivity contribution in [1.82, 2.24) is 0 Å². The molecule has 0 aromatic carbocycles. The average molecular weight is 278 g/mol. The predicted octanol–water partition coefficient (Wildman–Crippen LogP) is -0.163. The molecule has 2 nitrogen and oxygen atoms in total. The Kier molecular flexibility index (Phi) is 68.7. The van der Waals surface area contributed by atoms with Crippen LogP contribution in [0.4, 0.5) is 0 Å². The standard InChI is InChI=1S/C2H3O.CHO.2Rh/c1-2-3;1-2;;/h1H3;1H;;. The SMILES string of the molecule is C[C]=O.O=[CH][Rh].[Rh]. The van der Waals surface area contributed by atoms with E-state index in [1.165, 1.54) is 13.2 Å². The van der Waals surface area contributed by atoms with Crippen molar-refractivity contribution >= 4 is 11.2 Å². The molecule has 0 N–H and O–H groups in total. The number of carbonyl (C=O) groups excluding carboxylic acids is 2. The van der Waals surface area contributed by atoms with E-state index in [1.807, 2.05) is 18.3 Å². The quantitative estimate of drug-likeness (QED) is 0.455. The molecule has 0 aliphatic carbocycles. The molecule has 4 heteroatoms. The molecule has 0 aromatic heterocycles. The van der Waals surface area contributed by atoms with Gasteiger partial charge in [0.25, 0.3) is 0 Å². The summed E-state index contributed by atoms with van der Waals surface area (Å²) in [4.78, 5) is 18.1. The smallest absolute Gasteiger partial charge is 0 e. The molecule has 0 rings (SSSR count). The Morgan fingerprint density at radius 3 is 1.71 bits per heavy atom. The molecule has 7 heavy (non-hydrogen) atoms. The second-order valence-electron chi connectivity index (χ2n) is 0.283. The van der Waals surface area contributed by atoms with Gasteiger partial charge in [0.05, 0.1) is 0 Å². The van der Waals surface area contributed by atoms with E-state index in [9.17, 15) is 0 Å². The first-order valence-electron chi connectivity index (χ1n) is 1.13. The van der Waals surface area contributed by atoms with E-state index >= 15 is 0 Å². The Bertz CT molecular complexity index is 31.9. The van der Waals surface area contributed by atoms with Crippen molar-refractivity contribution in [3.05, 3.63) is 0 Å². The predicted molar refractivity (Wildman–Crippen MR) is 18.1 cm³/mol. The summed E-state index contributed by atoms with van der Waals surface area (Å²) in [6, 6.07) is 0. The third kappa shape index (κ3) is 403. The molecule has 2 radical (unpaired) electrons. The third-order valence-electron chi connectivity index (χ3n) is 0. The van der Waals surface area contributed by atoms with E-state index in [1.54, 1.807) is 0 Å². The second-order valence-corrected chi connectivity index (χ2v) is 0.669. The molecular weight excluding hydrogens is 274 g/mol. The Morgan fingerprint density at radius 1 is 1.71 bits per heavy atom. The minimum Gasteiger partial charge on any atom is 0 e. The van der Waals surface area contributed by atoms with Crippen molar-refractivity contribution in [2.24, 2.45) is 0 Å². The Hall–Kier alpha value is 0.587. The van der Waals surface area contributed by atoms with Crippen LogP contribution in [0.25, 0.3) is 0 Å². The molecule has 0 amide bonds. The van der Waals surface area contributed by atoms with Crippen LogP contribution < -0.4 is 0 Å². The zero-order valence-electron chi connectivity index (χ0n) is 3.56. The summed E-state index contributed by atoms with van der Waals surface area (Å²) in [5, 5.41) is 0. The molecule has 0 fully saturated rings. The molecule has 0 unspecified atom stereocenters. The van der Waals surface area contributed by atoms with Crippen LogP contribution in [-0.2, 0) is 47.4 Å². The Balaban J connectivity index is -0.0000000400. The van der Waals surface area contributed by atoms with Gasteiger partial charge in [0, 0.05) is 26.4 Å². The van der Waals surface area contributed by atoms with E-state index in [2.05, 4.69) is 0 Å². The van der Waals surface area contributed by atoms with Gasteiger partial charge in [-0.15, -0.1) is 0 Å². The molecule has 0 saturated heterocycles. The van der Waals surface area contributed by atoms with Crippen LogP contribution in [0.2, 0.25) is 0 Å². The zero-order chi connectivity index (χ0) is 5.41. The van der Waals surface area contributed by atoms with Crippen LogP contribution in [0.3, 0.4) is 0 Å². The van der Waals surface area contributed by atoms with E-state index in [0.29, 0.717) is 4.88 Å². The summed E-state index contributed by atoms with van der Waals surface area (Å²) in [6.07, 6.45) is 1.50. The molecule has 0 saturated carbocycles. The van der Waals surface area contributed by atoms with E-state index in [4.69, 9.17) is 9.59 Å². The van der Waals surface area contributed by atoms with Gasteiger partial charge in [0.15, 0.2) is 6.29 Å². The maximum Gasteiger partial charge on any atom is 0 e. The van der Waals surface area contributed by atoms with Gasteiger partial charge in [0.1, 0.15) is 0 Å². The molecule has 0 atom stereocenters. The van der Waals surface area contributed by atoms with Crippen molar-refractivity contribution in [3.8, 4) is 0 Å². The van der Waals surface area contributed by atoms with Gasteiger partial charge in [-0.2, -0.15) is 0 Å². The van der Waals surface area contributed by atoms with Gasteiger partial charge >= 0.3 is 28.0 Å². The molecular formula is C3H4O2Rh2. The molecule has 0 spiro atoms. The summed E-state index contributed by atoms with van der Waals surface area (Å²) >= 11 is 2.04. The largest absolute Gasteiger partial charge is 0 e. The van der Waals surface area contributed by atoms with E-state index in [0.717, 1.165) is 0 Å². The van der Waals surface area contributed by atoms with Crippen LogP contribution in [0, 0.1) is 0 Å². The van der Waals surface area contributed by atoms with Gasteiger partial charge < -0.3 is 0 Å². The molecule has 0 bridgehead atoms. The summed E-state index contributed by atoms with van der Waals surface area (Å²) in [5.41, 5.74) is 0.